The Morgan fingerprint density at radius 3 is 2.94 bits per heavy atom. The van der Waals surface area contributed by atoms with E-state index in [1.165, 1.54) is 12.8 Å². The molecule has 16 heavy (non-hydrogen) atoms. The maximum absolute atomic E-state index is 11.9. The first kappa shape index (κ1) is 14.4. The maximum atomic E-state index is 11.9. The van der Waals surface area contributed by atoms with Gasteiger partial charge in [0.2, 0.25) is 5.91 Å². The van der Waals surface area contributed by atoms with Crippen molar-refractivity contribution in [3.05, 3.63) is 0 Å². The average Bonchev–Trinajstić information content (AvgIpc) is 2.72. The molecule has 2 unspecified atom stereocenters. The van der Waals surface area contributed by atoms with Gasteiger partial charge < -0.3 is 5.32 Å². The summed E-state index contributed by atoms with van der Waals surface area (Å²) in [6.45, 7) is 5.12. The van der Waals surface area contributed by atoms with E-state index in [-0.39, 0.29) is 10.7 Å². The summed E-state index contributed by atoms with van der Waals surface area (Å²) >= 11 is 5.27. The van der Waals surface area contributed by atoms with Crippen LogP contribution in [0.3, 0.4) is 0 Å². The van der Waals surface area contributed by atoms with Gasteiger partial charge in [0.05, 0.1) is 4.75 Å². The third-order valence-electron chi connectivity index (χ3n) is 3.12. The Labute approximate surface area is 111 Å². The third kappa shape index (κ3) is 4.28. The van der Waals surface area contributed by atoms with Crippen LogP contribution in [0.5, 0.6) is 0 Å². The van der Waals surface area contributed by atoms with Gasteiger partial charge in [-0.05, 0) is 44.3 Å². The molecule has 0 spiro atoms. The SMILES string of the molecule is CC(CBr)CCCNC(=O)C1(C)CCCS1. The number of halogens is 1. The molecule has 1 amide bonds. The van der Waals surface area contributed by atoms with Crippen molar-refractivity contribution in [1.82, 2.24) is 5.32 Å². The largest absolute Gasteiger partial charge is 0.355 e. The third-order valence-corrected chi connectivity index (χ3v) is 5.75. The van der Waals surface area contributed by atoms with E-state index in [0.717, 1.165) is 30.5 Å². The van der Waals surface area contributed by atoms with Crippen LogP contribution in [0, 0.1) is 5.92 Å². The number of amides is 1. The second kappa shape index (κ2) is 6.90. The Morgan fingerprint density at radius 2 is 2.38 bits per heavy atom. The molecular formula is C12H22BrNOS. The second-order valence-corrected chi connectivity index (χ2v) is 7.09. The normalized spacial score (nSPS) is 26.7. The number of nitrogens with one attached hydrogen (secondary N) is 1. The molecule has 0 radical (unpaired) electrons. The van der Waals surface area contributed by atoms with Gasteiger partial charge in [-0.1, -0.05) is 22.9 Å². The lowest BCUT2D eigenvalue weighted by atomic mass is 10.0. The molecule has 0 aromatic heterocycles. The standard InChI is InChI=1S/C12H22BrNOS/c1-10(9-13)5-3-7-14-11(15)12(2)6-4-8-16-12/h10H,3-9H2,1-2H3,(H,14,15). The number of hydrogen-bond acceptors (Lipinski definition) is 2. The van der Waals surface area contributed by atoms with E-state index in [1.54, 1.807) is 11.8 Å². The van der Waals surface area contributed by atoms with E-state index < -0.39 is 0 Å². The summed E-state index contributed by atoms with van der Waals surface area (Å²) in [6.07, 6.45) is 4.46. The van der Waals surface area contributed by atoms with E-state index in [4.69, 9.17) is 0 Å². The van der Waals surface area contributed by atoms with Gasteiger partial charge in [-0.25, -0.2) is 0 Å². The van der Waals surface area contributed by atoms with Crippen molar-refractivity contribution in [2.45, 2.75) is 44.3 Å². The molecule has 1 rings (SSSR count). The molecule has 1 fully saturated rings. The molecule has 1 heterocycles. The summed E-state index contributed by atoms with van der Waals surface area (Å²) in [6, 6.07) is 0. The molecule has 1 N–H and O–H groups in total. The first-order chi connectivity index (χ1) is 7.58. The molecule has 1 aliphatic heterocycles. The summed E-state index contributed by atoms with van der Waals surface area (Å²) < 4.78 is -0.152. The van der Waals surface area contributed by atoms with Crippen molar-refractivity contribution < 1.29 is 4.79 Å². The van der Waals surface area contributed by atoms with Crippen molar-refractivity contribution in [3.8, 4) is 0 Å². The smallest absolute Gasteiger partial charge is 0.235 e. The van der Waals surface area contributed by atoms with Gasteiger partial charge in [0.25, 0.3) is 0 Å². The fourth-order valence-electron chi connectivity index (χ4n) is 1.87. The van der Waals surface area contributed by atoms with E-state index in [9.17, 15) is 4.79 Å². The molecule has 0 aromatic rings. The molecule has 4 heteroatoms. The fraction of sp³-hybridized carbons (Fsp3) is 0.917. The van der Waals surface area contributed by atoms with Crippen molar-refractivity contribution in [3.63, 3.8) is 0 Å². The predicted molar refractivity (Wildman–Crippen MR) is 75.3 cm³/mol. The maximum Gasteiger partial charge on any atom is 0.235 e. The Balaban J connectivity index is 2.15. The number of hydrogen-bond donors (Lipinski definition) is 1. The molecule has 0 saturated carbocycles. The topological polar surface area (TPSA) is 29.1 Å². The molecular weight excluding hydrogens is 286 g/mol. The number of rotatable bonds is 6. The van der Waals surface area contributed by atoms with Crippen molar-refractivity contribution in [2.75, 3.05) is 17.6 Å². The number of carbonyl (C=O) groups is 1. The molecule has 0 aliphatic carbocycles. The second-order valence-electron chi connectivity index (χ2n) is 4.84. The lowest BCUT2D eigenvalue weighted by molar-refractivity contribution is -0.123. The summed E-state index contributed by atoms with van der Waals surface area (Å²) in [5.74, 6) is 2.07. The van der Waals surface area contributed by atoms with Gasteiger partial charge in [0.15, 0.2) is 0 Å². The number of alkyl halides is 1. The van der Waals surface area contributed by atoms with Crippen LogP contribution in [0.25, 0.3) is 0 Å². The molecule has 2 nitrogen and oxygen atoms in total. The number of carbonyl (C=O) groups excluding carboxylic acids is 1. The highest BCUT2D eigenvalue weighted by molar-refractivity contribution is 9.09. The van der Waals surface area contributed by atoms with Crippen molar-refractivity contribution in [1.29, 1.82) is 0 Å². The highest BCUT2D eigenvalue weighted by Crippen LogP contribution is 2.37. The van der Waals surface area contributed by atoms with Crippen molar-refractivity contribution >= 4 is 33.6 Å². The molecule has 1 aliphatic rings. The first-order valence-electron chi connectivity index (χ1n) is 6.07. The lowest BCUT2D eigenvalue weighted by Gasteiger charge is -2.21. The van der Waals surface area contributed by atoms with E-state index in [2.05, 4.69) is 35.1 Å². The zero-order chi connectivity index (χ0) is 12.0. The Morgan fingerprint density at radius 1 is 1.62 bits per heavy atom. The Bertz CT molecular complexity index is 229. The van der Waals surface area contributed by atoms with Crippen molar-refractivity contribution in [2.24, 2.45) is 5.92 Å². The summed E-state index contributed by atoms with van der Waals surface area (Å²) in [5.41, 5.74) is 0. The fourth-order valence-corrected chi connectivity index (χ4v) is 3.43. The highest BCUT2D eigenvalue weighted by Gasteiger charge is 2.36. The van der Waals surface area contributed by atoms with Gasteiger partial charge in [-0.15, -0.1) is 11.8 Å². The van der Waals surface area contributed by atoms with E-state index in [0.29, 0.717) is 5.92 Å². The lowest BCUT2D eigenvalue weighted by Crippen LogP contribution is -2.40. The zero-order valence-corrected chi connectivity index (χ0v) is 12.6. The molecule has 94 valence electrons. The molecule has 1 saturated heterocycles. The van der Waals surface area contributed by atoms with Crippen LogP contribution in [0.1, 0.15) is 39.5 Å². The minimum Gasteiger partial charge on any atom is -0.355 e. The minimum atomic E-state index is -0.152. The molecule has 0 bridgehead atoms. The average molecular weight is 308 g/mol. The van der Waals surface area contributed by atoms with E-state index >= 15 is 0 Å². The molecule has 2 atom stereocenters. The van der Waals surface area contributed by atoms with Gasteiger partial charge in [-0.2, -0.15) is 0 Å². The van der Waals surface area contributed by atoms with Gasteiger partial charge >= 0.3 is 0 Å². The van der Waals surface area contributed by atoms with E-state index in [1.807, 2.05) is 0 Å². The van der Waals surface area contributed by atoms with Crippen LogP contribution in [-0.4, -0.2) is 28.3 Å². The summed E-state index contributed by atoms with van der Waals surface area (Å²) in [7, 11) is 0. The van der Waals surface area contributed by atoms with Gasteiger partial charge in [0, 0.05) is 11.9 Å². The highest BCUT2D eigenvalue weighted by atomic mass is 79.9. The summed E-state index contributed by atoms with van der Waals surface area (Å²) in [5, 5.41) is 4.12. The minimum absolute atomic E-state index is 0.152. The zero-order valence-electron chi connectivity index (χ0n) is 10.2. The van der Waals surface area contributed by atoms with Crippen LogP contribution >= 0.6 is 27.7 Å². The Hall–Kier alpha value is 0.300. The van der Waals surface area contributed by atoms with Gasteiger partial charge in [0.1, 0.15) is 0 Å². The van der Waals surface area contributed by atoms with Crippen LogP contribution in [0.2, 0.25) is 0 Å². The molecule has 0 aromatic carbocycles. The van der Waals surface area contributed by atoms with Crippen LogP contribution in [0.15, 0.2) is 0 Å². The quantitative estimate of drug-likeness (QED) is 0.603. The predicted octanol–water partition coefficient (Wildman–Crippen LogP) is 3.20. The Kier molecular flexibility index (Phi) is 6.19. The van der Waals surface area contributed by atoms with Crippen LogP contribution in [0.4, 0.5) is 0 Å². The first-order valence-corrected chi connectivity index (χ1v) is 8.17. The monoisotopic (exact) mass is 307 g/mol. The summed E-state index contributed by atoms with van der Waals surface area (Å²) in [4.78, 5) is 11.9. The van der Waals surface area contributed by atoms with Gasteiger partial charge in [-0.3, -0.25) is 4.79 Å². The number of thioether (sulfide) groups is 1. The van der Waals surface area contributed by atoms with Crippen LogP contribution < -0.4 is 5.32 Å². The van der Waals surface area contributed by atoms with Crippen LogP contribution in [-0.2, 0) is 4.79 Å².